The van der Waals surface area contributed by atoms with Gasteiger partial charge in [-0.15, -0.1) is 11.3 Å². The van der Waals surface area contributed by atoms with Crippen LogP contribution in [0.5, 0.6) is 0 Å². The molecule has 6 heteroatoms. The third-order valence-corrected chi connectivity index (χ3v) is 6.04. The lowest BCUT2D eigenvalue weighted by Gasteiger charge is -2.32. The second-order valence-electron chi connectivity index (χ2n) is 7.20. The van der Waals surface area contributed by atoms with Crippen LogP contribution in [0.25, 0.3) is 0 Å². The van der Waals surface area contributed by atoms with Gasteiger partial charge in [0.15, 0.2) is 0 Å². The van der Waals surface area contributed by atoms with Crippen LogP contribution in [0.2, 0.25) is 0 Å². The number of hydrogen-bond acceptors (Lipinski definition) is 4. The molecule has 2 heterocycles. The first-order chi connectivity index (χ1) is 13.0. The highest BCUT2D eigenvalue weighted by atomic mass is 32.1. The Labute approximate surface area is 164 Å². The standard InChI is InChI=1S/C21H26N2O3S/c1-15-22-18(14-27-15)6-4-8-20(24)23-11-9-16(10-12-23)13-17-5-2-3-7-19(17)21(25)26/h2-3,5,7,14,16H,4,6,8-13H2,1H3,(H,25,26). The number of carbonyl (C=O) groups is 2. The maximum absolute atomic E-state index is 12.4. The summed E-state index contributed by atoms with van der Waals surface area (Å²) in [6.07, 6.45) is 4.92. The Morgan fingerprint density at radius 3 is 2.67 bits per heavy atom. The van der Waals surface area contributed by atoms with Crippen molar-refractivity contribution in [2.75, 3.05) is 13.1 Å². The lowest BCUT2D eigenvalue weighted by atomic mass is 9.88. The first-order valence-electron chi connectivity index (χ1n) is 9.53. The smallest absolute Gasteiger partial charge is 0.335 e. The van der Waals surface area contributed by atoms with Gasteiger partial charge in [-0.05, 0) is 56.6 Å². The lowest BCUT2D eigenvalue weighted by Crippen LogP contribution is -2.38. The van der Waals surface area contributed by atoms with Crippen LogP contribution in [0, 0.1) is 12.8 Å². The van der Waals surface area contributed by atoms with E-state index in [0.29, 0.717) is 17.9 Å². The van der Waals surface area contributed by atoms with Gasteiger partial charge in [0.1, 0.15) is 0 Å². The van der Waals surface area contributed by atoms with Crippen molar-refractivity contribution in [3.05, 3.63) is 51.5 Å². The highest BCUT2D eigenvalue weighted by Crippen LogP contribution is 2.24. The summed E-state index contributed by atoms with van der Waals surface area (Å²) in [7, 11) is 0. The van der Waals surface area contributed by atoms with Crippen molar-refractivity contribution in [1.82, 2.24) is 9.88 Å². The van der Waals surface area contributed by atoms with Crippen molar-refractivity contribution in [2.24, 2.45) is 5.92 Å². The van der Waals surface area contributed by atoms with E-state index < -0.39 is 5.97 Å². The van der Waals surface area contributed by atoms with Gasteiger partial charge in [0.05, 0.1) is 16.3 Å². The third-order valence-electron chi connectivity index (χ3n) is 5.21. The van der Waals surface area contributed by atoms with E-state index in [1.165, 1.54) is 0 Å². The molecule has 3 rings (SSSR count). The van der Waals surface area contributed by atoms with Crippen molar-refractivity contribution in [1.29, 1.82) is 0 Å². The molecule has 2 aromatic rings. The number of amides is 1. The first-order valence-corrected chi connectivity index (χ1v) is 10.4. The quantitative estimate of drug-likeness (QED) is 0.782. The molecule has 1 N–H and O–H groups in total. The largest absolute Gasteiger partial charge is 0.478 e. The SMILES string of the molecule is Cc1nc(CCCC(=O)N2CCC(Cc3ccccc3C(=O)O)CC2)cs1. The molecule has 1 saturated heterocycles. The van der Waals surface area contributed by atoms with Gasteiger partial charge in [-0.2, -0.15) is 0 Å². The van der Waals surface area contributed by atoms with Gasteiger partial charge in [-0.3, -0.25) is 4.79 Å². The second kappa shape index (κ2) is 9.13. The number of thiazole rings is 1. The van der Waals surface area contributed by atoms with Crippen LogP contribution in [-0.4, -0.2) is 40.0 Å². The lowest BCUT2D eigenvalue weighted by molar-refractivity contribution is -0.132. The van der Waals surface area contributed by atoms with E-state index in [9.17, 15) is 14.7 Å². The van der Waals surface area contributed by atoms with E-state index in [4.69, 9.17) is 0 Å². The molecule has 0 spiro atoms. The zero-order valence-corrected chi connectivity index (χ0v) is 16.5. The minimum Gasteiger partial charge on any atom is -0.478 e. The number of carboxylic acids is 1. The van der Waals surface area contributed by atoms with Crippen molar-refractivity contribution in [3.63, 3.8) is 0 Å². The number of benzene rings is 1. The molecule has 1 aliphatic heterocycles. The van der Waals surface area contributed by atoms with Crippen molar-refractivity contribution in [2.45, 2.75) is 45.4 Å². The summed E-state index contributed by atoms with van der Waals surface area (Å²) in [6, 6.07) is 7.23. The summed E-state index contributed by atoms with van der Waals surface area (Å²) in [5.74, 6) is -0.201. The fourth-order valence-corrected chi connectivity index (χ4v) is 4.35. The summed E-state index contributed by atoms with van der Waals surface area (Å²) >= 11 is 1.65. The summed E-state index contributed by atoms with van der Waals surface area (Å²) in [6.45, 7) is 3.54. The van der Waals surface area contributed by atoms with E-state index in [1.807, 2.05) is 24.0 Å². The molecule has 1 amide bonds. The Bertz CT molecular complexity index is 794. The first kappa shape index (κ1) is 19.5. The monoisotopic (exact) mass is 386 g/mol. The second-order valence-corrected chi connectivity index (χ2v) is 8.26. The normalized spacial score (nSPS) is 15.1. The van der Waals surface area contributed by atoms with Crippen molar-refractivity contribution < 1.29 is 14.7 Å². The zero-order chi connectivity index (χ0) is 19.2. The topological polar surface area (TPSA) is 70.5 Å². The number of piperidine rings is 1. The van der Waals surface area contributed by atoms with Crippen LogP contribution in [0.15, 0.2) is 29.6 Å². The van der Waals surface area contributed by atoms with E-state index >= 15 is 0 Å². The van der Waals surface area contributed by atoms with Crippen LogP contribution in [-0.2, 0) is 17.6 Å². The van der Waals surface area contributed by atoms with Crippen LogP contribution in [0.1, 0.15) is 52.3 Å². The van der Waals surface area contributed by atoms with E-state index in [0.717, 1.165) is 61.5 Å². The summed E-state index contributed by atoms with van der Waals surface area (Å²) in [5.41, 5.74) is 2.38. The molecular formula is C21H26N2O3S. The average molecular weight is 387 g/mol. The predicted molar refractivity (Wildman–Crippen MR) is 106 cm³/mol. The van der Waals surface area contributed by atoms with Gasteiger partial charge in [0, 0.05) is 24.9 Å². The Balaban J connectivity index is 1.43. The molecule has 1 aromatic heterocycles. The maximum Gasteiger partial charge on any atom is 0.335 e. The molecule has 0 unspecified atom stereocenters. The van der Waals surface area contributed by atoms with Crippen molar-refractivity contribution in [3.8, 4) is 0 Å². The van der Waals surface area contributed by atoms with Crippen LogP contribution in [0.3, 0.4) is 0 Å². The number of carbonyl (C=O) groups excluding carboxylic acids is 1. The van der Waals surface area contributed by atoms with Crippen LogP contribution in [0.4, 0.5) is 0 Å². The molecular weight excluding hydrogens is 360 g/mol. The minimum atomic E-state index is -0.867. The fraction of sp³-hybridized carbons (Fsp3) is 0.476. The Morgan fingerprint density at radius 1 is 1.26 bits per heavy atom. The van der Waals surface area contributed by atoms with E-state index in [-0.39, 0.29) is 5.91 Å². The predicted octanol–water partition coefficient (Wildman–Crippen LogP) is 3.95. The fourth-order valence-electron chi connectivity index (χ4n) is 3.71. The number of aromatic carboxylic acids is 1. The van der Waals surface area contributed by atoms with Crippen LogP contribution >= 0.6 is 11.3 Å². The number of rotatable bonds is 7. The number of aryl methyl sites for hydroxylation is 2. The molecule has 1 aliphatic rings. The molecule has 1 aromatic carbocycles. The third kappa shape index (κ3) is 5.39. The highest BCUT2D eigenvalue weighted by molar-refractivity contribution is 7.09. The Kier molecular flexibility index (Phi) is 6.61. The summed E-state index contributed by atoms with van der Waals surface area (Å²) in [4.78, 5) is 30.2. The molecule has 0 bridgehead atoms. The number of likely N-dealkylation sites (tertiary alicyclic amines) is 1. The summed E-state index contributed by atoms with van der Waals surface area (Å²) < 4.78 is 0. The van der Waals surface area contributed by atoms with Crippen molar-refractivity contribution >= 4 is 23.2 Å². The molecule has 0 atom stereocenters. The Morgan fingerprint density at radius 2 is 2.00 bits per heavy atom. The van der Waals surface area contributed by atoms with Gasteiger partial charge >= 0.3 is 5.97 Å². The molecule has 0 saturated carbocycles. The molecule has 1 fully saturated rings. The Hall–Kier alpha value is -2.21. The van der Waals surface area contributed by atoms with E-state index in [2.05, 4.69) is 10.4 Å². The van der Waals surface area contributed by atoms with Gasteiger partial charge < -0.3 is 10.0 Å². The van der Waals surface area contributed by atoms with Gasteiger partial charge in [0.25, 0.3) is 0 Å². The average Bonchev–Trinajstić information content (AvgIpc) is 3.07. The van der Waals surface area contributed by atoms with Gasteiger partial charge in [0.2, 0.25) is 5.91 Å². The molecule has 5 nitrogen and oxygen atoms in total. The van der Waals surface area contributed by atoms with Crippen LogP contribution < -0.4 is 0 Å². The number of aromatic nitrogens is 1. The number of hydrogen-bond donors (Lipinski definition) is 1. The van der Waals surface area contributed by atoms with E-state index in [1.54, 1.807) is 23.5 Å². The highest BCUT2D eigenvalue weighted by Gasteiger charge is 2.24. The van der Waals surface area contributed by atoms with Gasteiger partial charge in [-0.1, -0.05) is 18.2 Å². The maximum atomic E-state index is 12.4. The van der Waals surface area contributed by atoms with Gasteiger partial charge in [-0.25, -0.2) is 9.78 Å². The summed E-state index contributed by atoms with van der Waals surface area (Å²) in [5, 5.41) is 12.5. The molecule has 0 radical (unpaired) electrons. The zero-order valence-electron chi connectivity index (χ0n) is 15.7. The molecule has 27 heavy (non-hydrogen) atoms. The minimum absolute atomic E-state index is 0.228. The molecule has 144 valence electrons. The molecule has 0 aliphatic carbocycles. The number of carboxylic acid groups (broad SMARTS) is 1. The number of nitrogens with zero attached hydrogens (tertiary/aromatic N) is 2.